The van der Waals surface area contributed by atoms with E-state index in [0.29, 0.717) is 24.3 Å². The number of aldehydes is 1. The third-order valence-electron chi connectivity index (χ3n) is 6.20. The Hall–Kier alpha value is -2.73. The Morgan fingerprint density at radius 1 is 1.13 bits per heavy atom. The van der Waals surface area contributed by atoms with Crippen LogP contribution in [-0.2, 0) is 17.6 Å². The predicted molar refractivity (Wildman–Crippen MR) is 115 cm³/mol. The van der Waals surface area contributed by atoms with Crippen LogP contribution in [0.5, 0.6) is 0 Å². The fourth-order valence-corrected chi connectivity index (χ4v) is 4.44. The SMILES string of the molecule is CN1CCN(C(=O)CC(Nc2cccc(F)c2)c2cc3c(cc2C=O)CCC3)CC1. The van der Waals surface area contributed by atoms with Crippen molar-refractivity contribution >= 4 is 17.9 Å². The van der Waals surface area contributed by atoms with E-state index < -0.39 is 6.04 Å². The van der Waals surface area contributed by atoms with Gasteiger partial charge in [-0.3, -0.25) is 9.59 Å². The third kappa shape index (κ3) is 4.54. The zero-order valence-corrected chi connectivity index (χ0v) is 17.4. The fourth-order valence-electron chi connectivity index (χ4n) is 4.44. The van der Waals surface area contributed by atoms with Gasteiger partial charge in [0, 0.05) is 37.4 Å². The molecule has 1 atom stereocenters. The van der Waals surface area contributed by atoms with Gasteiger partial charge in [0.25, 0.3) is 0 Å². The lowest BCUT2D eigenvalue weighted by Gasteiger charge is -2.33. The Labute approximate surface area is 176 Å². The zero-order valence-electron chi connectivity index (χ0n) is 17.4. The number of benzene rings is 2. The van der Waals surface area contributed by atoms with Crippen LogP contribution < -0.4 is 5.32 Å². The van der Waals surface area contributed by atoms with E-state index in [1.54, 1.807) is 12.1 Å². The molecule has 158 valence electrons. The molecule has 0 radical (unpaired) electrons. The van der Waals surface area contributed by atoms with Crippen LogP contribution in [-0.4, -0.2) is 55.2 Å². The first kappa shape index (κ1) is 20.5. The third-order valence-corrected chi connectivity index (χ3v) is 6.20. The van der Waals surface area contributed by atoms with Crippen molar-refractivity contribution in [2.75, 3.05) is 38.5 Å². The van der Waals surface area contributed by atoms with Crippen molar-refractivity contribution < 1.29 is 14.0 Å². The number of nitrogens with one attached hydrogen (secondary N) is 1. The minimum Gasteiger partial charge on any atom is -0.378 e. The van der Waals surface area contributed by atoms with Gasteiger partial charge in [-0.1, -0.05) is 12.1 Å². The first-order chi connectivity index (χ1) is 14.5. The summed E-state index contributed by atoms with van der Waals surface area (Å²) in [7, 11) is 2.05. The van der Waals surface area contributed by atoms with E-state index >= 15 is 0 Å². The van der Waals surface area contributed by atoms with E-state index in [2.05, 4.69) is 23.3 Å². The molecule has 0 saturated carbocycles. The monoisotopic (exact) mass is 409 g/mol. The minimum absolute atomic E-state index is 0.0503. The summed E-state index contributed by atoms with van der Waals surface area (Å²) in [4.78, 5) is 29.0. The van der Waals surface area contributed by atoms with Crippen LogP contribution in [0, 0.1) is 5.82 Å². The molecule has 1 heterocycles. The van der Waals surface area contributed by atoms with Crippen LogP contribution in [0.2, 0.25) is 0 Å². The number of hydrogen-bond acceptors (Lipinski definition) is 4. The Balaban J connectivity index is 1.63. The van der Waals surface area contributed by atoms with Crippen molar-refractivity contribution in [2.24, 2.45) is 0 Å². The van der Waals surface area contributed by atoms with Gasteiger partial charge in [-0.25, -0.2) is 4.39 Å². The summed E-state index contributed by atoms with van der Waals surface area (Å²) >= 11 is 0. The normalized spacial score (nSPS) is 17.5. The molecule has 30 heavy (non-hydrogen) atoms. The van der Waals surface area contributed by atoms with Gasteiger partial charge in [0.15, 0.2) is 0 Å². The topological polar surface area (TPSA) is 52.6 Å². The van der Waals surface area contributed by atoms with Gasteiger partial charge in [0.1, 0.15) is 12.1 Å². The van der Waals surface area contributed by atoms with E-state index in [0.717, 1.165) is 44.2 Å². The second-order valence-electron chi connectivity index (χ2n) is 8.32. The van der Waals surface area contributed by atoms with Gasteiger partial charge in [-0.2, -0.15) is 0 Å². The predicted octanol–water partition coefficient (Wildman–Crippen LogP) is 3.44. The number of hydrogen-bond donors (Lipinski definition) is 1. The number of piperazine rings is 1. The summed E-state index contributed by atoms with van der Waals surface area (Å²) in [5, 5.41) is 3.32. The average Bonchev–Trinajstić information content (AvgIpc) is 3.20. The lowest BCUT2D eigenvalue weighted by molar-refractivity contribution is -0.133. The highest BCUT2D eigenvalue weighted by Crippen LogP contribution is 2.32. The first-order valence-corrected chi connectivity index (χ1v) is 10.6. The van der Waals surface area contributed by atoms with E-state index in [1.165, 1.54) is 23.3 Å². The summed E-state index contributed by atoms with van der Waals surface area (Å²) in [6.45, 7) is 3.11. The molecule has 1 N–H and O–H groups in total. The van der Waals surface area contributed by atoms with Gasteiger partial charge in [0.05, 0.1) is 12.5 Å². The maximum atomic E-state index is 13.8. The van der Waals surface area contributed by atoms with Crippen molar-refractivity contribution in [3.8, 4) is 0 Å². The summed E-state index contributed by atoms with van der Waals surface area (Å²) in [6, 6.07) is 9.87. The standard InChI is InChI=1S/C24H28FN3O2/c1-27-8-10-28(11-9-27)24(30)15-23(26-21-7-3-6-20(25)14-21)22-13-18-5-2-4-17(18)12-19(22)16-29/h3,6-7,12-14,16,23,26H,2,4-5,8-11,15H2,1H3. The maximum Gasteiger partial charge on any atom is 0.225 e. The van der Waals surface area contributed by atoms with Crippen LogP contribution in [0.1, 0.15) is 45.9 Å². The average molecular weight is 410 g/mol. The number of anilines is 1. The molecule has 2 aliphatic rings. The molecule has 0 spiro atoms. The van der Waals surface area contributed by atoms with Crippen LogP contribution in [0.4, 0.5) is 10.1 Å². The second-order valence-corrected chi connectivity index (χ2v) is 8.32. The first-order valence-electron chi connectivity index (χ1n) is 10.6. The molecule has 1 aliphatic carbocycles. The van der Waals surface area contributed by atoms with E-state index in [1.807, 2.05) is 11.0 Å². The second kappa shape index (κ2) is 8.96. The fraction of sp³-hybridized carbons (Fsp3) is 0.417. The number of carbonyl (C=O) groups excluding carboxylic acids is 2. The highest BCUT2D eigenvalue weighted by Gasteiger charge is 2.26. The van der Waals surface area contributed by atoms with Crippen LogP contribution in [0.3, 0.4) is 0 Å². The summed E-state index contributed by atoms with van der Waals surface area (Å²) in [5.74, 6) is -0.289. The summed E-state index contributed by atoms with van der Waals surface area (Å²) in [5.41, 5.74) is 4.49. The molecule has 2 aromatic rings. The zero-order chi connectivity index (χ0) is 21.1. The number of halogens is 1. The van der Waals surface area contributed by atoms with E-state index in [-0.39, 0.29) is 18.1 Å². The molecule has 1 amide bonds. The highest BCUT2D eigenvalue weighted by atomic mass is 19.1. The van der Waals surface area contributed by atoms with Crippen LogP contribution in [0.25, 0.3) is 0 Å². The lowest BCUT2D eigenvalue weighted by atomic mass is 9.93. The molecular weight excluding hydrogens is 381 g/mol. The van der Waals surface area contributed by atoms with Crippen LogP contribution in [0.15, 0.2) is 36.4 Å². The lowest BCUT2D eigenvalue weighted by Crippen LogP contribution is -2.47. The van der Waals surface area contributed by atoms with Gasteiger partial charge in [0.2, 0.25) is 5.91 Å². The molecule has 0 bridgehead atoms. The Kier molecular flexibility index (Phi) is 6.13. The van der Waals surface area contributed by atoms with E-state index in [4.69, 9.17) is 0 Å². The van der Waals surface area contributed by atoms with Crippen molar-refractivity contribution in [1.82, 2.24) is 9.80 Å². The Morgan fingerprint density at radius 2 is 1.87 bits per heavy atom. The molecule has 2 aromatic carbocycles. The number of rotatable bonds is 6. The number of amides is 1. The molecule has 5 nitrogen and oxygen atoms in total. The number of fused-ring (bicyclic) bond motifs is 1. The molecule has 1 aliphatic heterocycles. The number of aryl methyl sites for hydroxylation is 2. The summed E-state index contributed by atoms with van der Waals surface area (Å²) < 4.78 is 13.8. The van der Waals surface area contributed by atoms with Gasteiger partial charge in [-0.05, 0) is 67.3 Å². The van der Waals surface area contributed by atoms with Crippen molar-refractivity contribution in [3.63, 3.8) is 0 Å². The molecule has 1 saturated heterocycles. The quantitative estimate of drug-likeness (QED) is 0.743. The molecule has 0 aromatic heterocycles. The van der Waals surface area contributed by atoms with Crippen molar-refractivity contribution in [2.45, 2.75) is 31.7 Å². The summed E-state index contributed by atoms with van der Waals surface area (Å²) in [6.07, 6.45) is 4.15. The largest absolute Gasteiger partial charge is 0.378 e. The molecule has 1 unspecified atom stereocenters. The van der Waals surface area contributed by atoms with Gasteiger partial charge in [-0.15, -0.1) is 0 Å². The molecule has 6 heteroatoms. The van der Waals surface area contributed by atoms with Gasteiger partial charge < -0.3 is 15.1 Å². The van der Waals surface area contributed by atoms with Gasteiger partial charge >= 0.3 is 0 Å². The smallest absolute Gasteiger partial charge is 0.225 e. The van der Waals surface area contributed by atoms with E-state index in [9.17, 15) is 14.0 Å². The molecule has 1 fully saturated rings. The number of carbonyl (C=O) groups is 2. The highest BCUT2D eigenvalue weighted by molar-refractivity contribution is 5.82. The van der Waals surface area contributed by atoms with Crippen LogP contribution >= 0.6 is 0 Å². The Morgan fingerprint density at radius 3 is 2.57 bits per heavy atom. The molecular formula is C24H28FN3O2. The number of nitrogens with zero attached hydrogens (tertiary/aromatic N) is 2. The Bertz CT molecular complexity index is 938. The maximum absolute atomic E-state index is 13.8. The van der Waals surface area contributed by atoms with Crippen molar-refractivity contribution in [3.05, 3.63) is 64.5 Å². The van der Waals surface area contributed by atoms with Crippen molar-refractivity contribution in [1.29, 1.82) is 0 Å². The number of likely N-dealkylation sites (N-methyl/N-ethyl adjacent to an activating group) is 1. The molecule has 4 rings (SSSR count). The minimum atomic E-state index is -0.398.